The van der Waals surface area contributed by atoms with E-state index in [1.54, 1.807) is 14.2 Å². The summed E-state index contributed by atoms with van der Waals surface area (Å²) in [6.07, 6.45) is 1.53. The molecule has 0 saturated carbocycles. The number of ether oxygens (including phenoxy) is 2. The largest absolute Gasteiger partial charge is 0.383 e. The lowest BCUT2D eigenvalue weighted by Gasteiger charge is -2.28. The topological polar surface area (TPSA) is 45.5 Å². The van der Waals surface area contributed by atoms with Crippen molar-refractivity contribution in [2.45, 2.75) is 25.8 Å². The van der Waals surface area contributed by atoms with Gasteiger partial charge in [0.25, 0.3) is 0 Å². The van der Waals surface area contributed by atoms with E-state index in [1.165, 1.54) is 0 Å². The van der Waals surface area contributed by atoms with Crippen LogP contribution < -0.4 is 0 Å². The van der Waals surface area contributed by atoms with Gasteiger partial charge in [0.15, 0.2) is 0 Å². The molecule has 0 saturated heterocycles. The fourth-order valence-corrected chi connectivity index (χ4v) is 1.47. The zero-order valence-electron chi connectivity index (χ0n) is 10.0. The number of unbranched alkanes of at least 4 members (excludes halogenated alkanes) is 1. The lowest BCUT2D eigenvalue weighted by Crippen LogP contribution is -2.39. The van der Waals surface area contributed by atoms with Gasteiger partial charge in [-0.1, -0.05) is 0 Å². The average molecular weight is 214 g/mol. The van der Waals surface area contributed by atoms with E-state index in [9.17, 15) is 0 Å². The van der Waals surface area contributed by atoms with Crippen molar-refractivity contribution >= 4 is 0 Å². The standard InChI is InChI=1S/C11H22N2O2/c1-11(10-15-3)13(8-9-14-2)7-5-4-6-12/h11H,4-5,7-10H2,1-3H3. The van der Waals surface area contributed by atoms with Crippen LogP contribution in [0.1, 0.15) is 19.8 Å². The second-order valence-corrected chi connectivity index (χ2v) is 3.59. The minimum absolute atomic E-state index is 0.379. The van der Waals surface area contributed by atoms with E-state index in [-0.39, 0.29) is 0 Å². The summed E-state index contributed by atoms with van der Waals surface area (Å²) in [7, 11) is 3.41. The Kier molecular flexibility index (Phi) is 9.49. The predicted octanol–water partition coefficient (Wildman–Crippen LogP) is 1.27. The first-order chi connectivity index (χ1) is 7.26. The highest BCUT2D eigenvalue weighted by Gasteiger charge is 2.12. The third kappa shape index (κ3) is 7.32. The molecule has 88 valence electrons. The first kappa shape index (κ1) is 14.4. The van der Waals surface area contributed by atoms with Gasteiger partial charge < -0.3 is 9.47 Å². The summed E-state index contributed by atoms with van der Waals surface area (Å²) in [6, 6.07) is 2.54. The zero-order valence-corrected chi connectivity index (χ0v) is 10.0. The monoisotopic (exact) mass is 214 g/mol. The Labute approximate surface area is 92.8 Å². The SMILES string of the molecule is COCCN(CCCC#N)C(C)COC. The maximum Gasteiger partial charge on any atom is 0.0622 e. The van der Waals surface area contributed by atoms with Gasteiger partial charge in [-0.15, -0.1) is 0 Å². The van der Waals surface area contributed by atoms with Crippen molar-refractivity contribution in [3.63, 3.8) is 0 Å². The molecule has 0 N–H and O–H groups in total. The van der Waals surface area contributed by atoms with E-state index in [2.05, 4.69) is 17.9 Å². The van der Waals surface area contributed by atoms with Gasteiger partial charge in [-0.3, -0.25) is 4.90 Å². The van der Waals surface area contributed by atoms with Crippen LogP contribution in [0.15, 0.2) is 0 Å². The van der Waals surface area contributed by atoms with Crippen LogP contribution in [-0.2, 0) is 9.47 Å². The second-order valence-electron chi connectivity index (χ2n) is 3.59. The third-order valence-electron chi connectivity index (χ3n) is 2.35. The molecule has 0 heterocycles. The second kappa shape index (κ2) is 9.91. The summed E-state index contributed by atoms with van der Waals surface area (Å²) in [5.41, 5.74) is 0. The smallest absolute Gasteiger partial charge is 0.0622 e. The molecule has 15 heavy (non-hydrogen) atoms. The summed E-state index contributed by atoms with van der Waals surface area (Å²) in [4.78, 5) is 2.30. The fourth-order valence-electron chi connectivity index (χ4n) is 1.47. The molecule has 0 aliphatic carbocycles. The van der Waals surface area contributed by atoms with Crippen molar-refractivity contribution in [2.24, 2.45) is 0 Å². The van der Waals surface area contributed by atoms with Crippen molar-refractivity contribution in [2.75, 3.05) is 40.5 Å². The van der Waals surface area contributed by atoms with E-state index >= 15 is 0 Å². The Morgan fingerprint density at radius 2 is 2.00 bits per heavy atom. The molecule has 0 radical (unpaired) electrons. The molecule has 0 aliphatic heterocycles. The van der Waals surface area contributed by atoms with Gasteiger partial charge in [0.05, 0.1) is 19.3 Å². The lowest BCUT2D eigenvalue weighted by molar-refractivity contribution is 0.0746. The molecule has 1 atom stereocenters. The Hall–Kier alpha value is -0.630. The lowest BCUT2D eigenvalue weighted by atomic mass is 10.2. The first-order valence-corrected chi connectivity index (χ1v) is 5.35. The van der Waals surface area contributed by atoms with Gasteiger partial charge in [0.2, 0.25) is 0 Å². The number of methoxy groups -OCH3 is 2. The number of hydrogen-bond donors (Lipinski definition) is 0. The number of nitriles is 1. The molecule has 4 nitrogen and oxygen atoms in total. The van der Waals surface area contributed by atoms with Crippen molar-refractivity contribution in [3.05, 3.63) is 0 Å². The maximum absolute atomic E-state index is 8.48. The quantitative estimate of drug-likeness (QED) is 0.542. The minimum atomic E-state index is 0.379. The summed E-state index contributed by atoms with van der Waals surface area (Å²) in [6.45, 7) is 5.40. The van der Waals surface area contributed by atoms with E-state index in [4.69, 9.17) is 14.7 Å². The Morgan fingerprint density at radius 1 is 1.27 bits per heavy atom. The predicted molar refractivity (Wildman–Crippen MR) is 59.6 cm³/mol. The van der Waals surface area contributed by atoms with E-state index in [1.807, 2.05) is 0 Å². The third-order valence-corrected chi connectivity index (χ3v) is 2.35. The fraction of sp³-hybridized carbons (Fsp3) is 0.909. The Morgan fingerprint density at radius 3 is 2.53 bits per heavy atom. The van der Waals surface area contributed by atoms with Crippen molar-refractivity contribution in [1.29, 1.82) is 5.26 Å². The normalized spacial score (nSPS) is 12.7. The molecule has 0 aliphatic rings. The zero-order chi connectivity index (χ0) is 11.5. The van der Waals surface area contributed by atoms with E-state index in [0.717, 1.165) is 32.7 Å². The summed E-state index contributed by atoms with van der Waals surface area (Å²) >= 11 is 0. The molecule has 0 amide bonds. The van der Waals surface area contributed by atoms with Gasteiger partial charge in [-0.25, -0.2) is 0 Å². The maximum atomic E-state index is 8.48. The van der Waals surface area contributed by atoms with Crippen LogP contribution in [0.3, 0.4) is 0 Å². The highest BCUT2D eigenvalue weighted by molar-refractivity contribution is 4.72. The van der Waals surface area contributed by atoms with Crippen LogP contribution >= 0.6 is 0 Å². The van der Waals surface area contributed by atoms with Crippen LogP contribution in [0, 0.1) is 11.3 Å². The average Bonchev–Trinajstić information content (AvgIpc) is 2.23. The number of hydrogen-bond acceptors (Lipinski definition) is 4. The van der Waals surface area contributed by atoms with Crippen molar-refractivity contribution < 1.29 is 9.47 Å². The molecule has 1 unspecified atom stereocenters. The Balaban J connectivity index is 3.88. The molecular weight excluding hydrogens is 192 g/mol. The minimum Gasteiger partial charge on any atom is -0.383 e. The molecular formula is C11H22N2O2. The number of rotatable bonds is 9. The van der Waals surface area contributed by atoms with Gasteiger partial charge in [0.1, 0.15) is 0 Å². The van der Waals surface area contributed by atoms with E-state index < -0.39 is 0 Å². The van der Waals surface area contributed by atoms with Crippen LogP contribution in [0.25, 0.3) is 0 Å². The van der Waals surface area contributed by atoms with Crippen LogP contribution in [0.5, 0.6) is 0 Å². The summed E-state index contributed by atoms with van der Waals surface area (Å²) in [5.74, 6) is 0. The first-order valence-electron chi connectivity index (χ1n) is 5.35. The van der Waals surface area contributed by atoms with Crippen molar-refractivity contribution in [3.8, 4) is 6.07 Å². The van der Waals surface area contributed by atoms with Gasteiger partial charge in [0, 0.05) is 33.2 Å². The van der Waals surface area contributed by atoms with Crippen LogP contribution in [0.4, 0.5) is 0 Å². The van der Waals surface area contributed by atoms with Gasteiger partial charge in [-0.05, 0) is 19.9 Å². The molecule has 0 fully saturated rings. The Bertz CT molecular complexity index is 180. The summed E-state index contributed by atoms with van der Waals surface area (Å²) in [5, 5.41) is 8.48. The highest BCUT2D eigenvalue weighted by Crippen LogP contribution is 2.02. The van der Waals surface area contributed by atoms with Crippen LogP contribution in [-0.4, -0.2) is 51.5 Å². The summed E-state index contributed by atoms with van der Waals surface area (Å²) < 4.78 is 10.2. The van der Waals surface area contributed by atoms with Crippen LogP contribution in [0.2, 0.25) is 0 Å². The molecule has 0 bridgehead atoms. The molecule has 0 aromatic rings. The van der Waals surface area contributed by atoms with Gasteiger partial charge in [-0.2, -0.15) is 5.26 Å². The van der Waals surface area contributed by atoms with Gasteiger partial charge >= 0.3 is 0 Å². The molecule has 4 heteroatoms. The number of nitrogens with zero attached hydrogens (tertiary/aromatic N) is 2. The van der Waals surface area contributed by atoms with Crippen molar-refractivity contribution in [1.82, 2.24) is 4.90 Å². The molecule has 0 aromatic carbocycles. The molecule has 0 spiro atoms. The highest BCUT2D eigenvalue weighted by atomic mass is 16.5. The van der Waals surface area contributed by atoms with E-state index in [0.29, 0.717) is 12.5 Å². The molecule has 0 aromatic heterocycles. The molecule has 0 rings (SSSR count).